The summed E-state index contributed by atoms with van der Waals surface area (Å²) >= 11 is 0. The quantitative estimate of drug-likeness (QED) is 0.138. The molecule has 6 aromatic heterocycles. The third kappa shape index (κ3) is 11.0. The van der Waals surface area contributed by atoms with Crippen molar-refractivity contribution < 1.29 is 0 Å². The van der Waals surface area contributed by atoms with Gasteiger partial charge in [0.25, 0.3) is 0 Å². The lowest BCUT2D eigenvalue weighted by atomic mass is 10.00. The van der Waals surface area contributed by atoms with Crippen molar-refractivity contribution in [3.05, 3.63) is 461 Å². The largest absolute Gasteiger partial charge is 0.309 e. The molecule has 0 fully saturated rings. The summed E-state index contributed by atoms with van der Waals surface area (Å²) in [6.45, 7) is 0. The molecule has 0 bridgehead atoms. The zero-order valence-corrected chi connectivity index (χ0v) is 69.6. The molecule has 0 atom stereocenters. The number of para-hydroxylation sites is 4. The standard InChI is InChI=1S/C62H39N3.C60H37N3/c1-2-13-40(14-3-1)42-25-30-47(31-26-42)63-57-22-10-9-21-51(57)54-38-55-53-37-46(29-34-60(53)65(62(55)39-61(54)63)56-24-12-18-43-16-6-7-19-49(43)56)45-28-33-59-52(36-45)50-20-8-11-23-58(50)64(59)48-32-27-41-15-4-5-17-44(41)35-48;1-3-15-41-32-45(28-24-38(41)12-1)61-55-21-9-7-19-48(55)50-34-43(26-30-57(50)61)44-27-31-58-51(35-44)53-36-52-49-20-8-10-22-56(49)62(46-29-25-39-13-2-4-16-42(39)33-46)59(52)37-60(53)63(58)54-23-11-17-40-14-5-6-18-47(40)54/h1-39H;1-37H. The van der Waals surface area contributed by atoms with E-state index in [4.69, 9.17) is 0 Å². The molecule has 0 spiro atoms. The molecule has 0 aliphatic carbocycles. The lowest BCUT2D eigenvalue weighted by Gasteiger charge is -2.13. The van der Waals surface area contributed by atoms with Crippen LogP contribution in [0.25, 0.3) is 252 Å². The van der Waals surface area contributed by atoms with E-state index in [0.717, 1.165) is 11.4 Å². The van der Waals surface area contributed by atoms with E-state index in [9.17, 15) is 0 Å². The molecule has 0 aliphatic heterocycles. The Bertz CT molecular complexity index is 9520. The van der Waals surface area contributed by atoms with Gasteiger partial charge in [-0.25, -0.2) is 0 Å². The van der Waals surface area contributed by atoms with Gasteiger partial charge in [-0.15, -0.1) is 0 Å². The highest BCUT2D eigenvalue weighted by Gasteiger charge is 2.26. The molecule has 6 heterocycles. The molecular weight excluding hydrogens is 1550 g/mol. The van der Waals surface area contributed by atoms with E-state index in [1.165, 1.54) is 241 Å². The molecule has 594 valence electrons. The summed E-state index contributed by atoms with van der Waals surface area (Å²) < 4.78 is 14.7. The number of benzene rings is 22. The van der Waals surface area contributed by atoms with Gasteiger partial charge in [-0.2, -0.15) is 0 Å². The fourth-order valence-corrected chi connectivity index (χ4v) is 21.4. The third-order valence-electron chi connectivity index (χ3n) is 27.4. The number of nitrogens with zero attached hydrogens (tertiary/aromatic N) is 6. The summed E-state index contributed by atoms with van der Waals surface area (Å²) in [6.07, 6.45) is 0. The van der Waals surface area contributed by atoms with Crippen molar-refractivity contribution in [3.63, 3.8) is 0 Å². The highest BCUT2D eigenvalue weighted by molar-refractivity contribution is 6.23. The Kier molecular flexibility index (Phi) is 15.8. The van der Waals surface area contributed by atoms with E-state index in [-0.39, 0.29) is 0 Å². The second-order valence-corrected chi connectivity index (χ2v) is 34.3. The first-order chi connectivity index (χ1) is 63.5. The summed E-state index contributed by atoms with van der Waals surface area (Å²) in [5.74, 6) is 0. The molecule has 0 aliphatic rings. The lowest BCUT2D eigenvalue weighted by Crippen LogP contribution is -1.97. The van der Waals surface area contributed by atoms with Gasteiger partial charge in [-0.05, 0) is 234 Å². The van der Waals surface area contributed by atoms with Crippen molar-refractivity contribution in [2.24, 2.45) is 0 Å². The molecule has 0 N–H and O–H groups in total. The number of hydrogen-bond donors (Lipinski definition) is 0. The van der Waals surface area contributed by atoms with Crippen molar-refractivity contribution in [2.75, 3.05) is 0 Å². The van der Waals surface area contributed by atoms with E-state index >= 15 is 0 Å². The molecule has 28 aromatic rings. The Balaban J connectivity index is 0.000000132. The summed E-state index contributed by atoms with van der Waals surface area (Å²) in [5, 5.41) is 27.3. The van der Waals surface area contributed by atoms with Crippen molar-refractivity contribution in [2.45, 2.75) is 0 Å². The van der Waals surface area contributed by atoms with Crippen LogP contribution in [0, 0.1) is 0 Å². The van der Waals surface area contributed by atoms with Gasteiger partial charge in [0.15, 0.2) is 0 Å². The van der Waals surface area contributed by atoms with E-state index in [2.05, 4.69) is 488 Å². The highest BCUT2D eigenvalue weighted by Crippen LogP contribution is 2.48. The second kappa shape index (κ2) is 28.2. The van der Waals surface area contributed by atoms with Crippen molar-refractivity contribution in [1.29, 1.82) is 0 Å². The average molecular weight is 1630 g/mol. The predicted octanol–water partition coefficient (Wildman–Crippen LogP) is 32.7. The highest BCUT2D eigenvalue weighted by atomic mass is 15.0. The molecular formula is C122H76N6. The maximum Gasteiger partial charge on any atom is 0.0562 e. The van der Waals surface area contributed by atoms with Crippen LogP contribution in [-0.2, 0) is 0 Å². The maximum absolute atomic E-state index is 2.50. The maximum atomic E-state index is 2.50. The Morgan fingerprint density at radius 1 is 0.102 bits per heavy atom. The molecule has 0 saturated carbocycles. The second-order valence-electron chi connectivity index (χ2n) is 34.3. The molecule has 0 saturated heterocycles. The molecule has 22 aromatic carbocycles. The van der Waals surface area contributed by atoms with Gasteiger partial charge in [0.05, 0.1) is 77.6 Å². The van der Waals surface area contributed by atoms with E-state index in [1.54, 1.807) is 0 Å². The van der Waals surface area contributed by atoms with Crippen LogP contribution in [0.5, 0.6) is 0 Å². The zero-order valence-electron chi connectivity index (χ0n) is 69.6. The number of rotatable bonds is 9. The van der Waals surface area contributed by atoms with E-state index in [0.29, 0.717) is 0 Å². The fraction of sp³-hybridized carbons (Fsp3) is 0. The molecule has 0 amide bonds. The molecule has 128 heavy (non-hydrogen) atoms. The van der Waals surface area contributed by atoms with Gasteiger partial charge in [-0.3, -0.25) is 0 Å². The van der Waals surface area contributed by atoms with Crippen LogP contribution >= 0.6 is 0 Å². The Morgan fingerprint density at radius 3 is 0.727 bits per heavy atom. The van der Waals surface area contributed by atoms with Gasteiger partial charge >= 0.3 is 0 Å². The zero-order chi connectivity index (χ0) is 83.8. The van der Waals surface area contributed by atoms with Crippen molar-refractivity contribution in [3.8, 4) is 67.5 Å². The van der Waals surface area contributed by atoms with Gasteiger partial charge in [0.1, 0.15) is 0 Å². The van der Waals surface area contributed by atoms with E-state index in [1.807, 2.05) is 0 Å². The smallest absolute Gasteiger partial charge is 0.0562 e. The molecule has 28 rings (SSSR count). The van der Waals surface area contributed by atoms with E-state index < -0.39 is 0 Å². The first-order valence-corrected chi connectivity index (χ1v) is 44.2. The van der Waals surface area contributed by atoms with Crippen LogP contribution in [-0.4, -0.2) is 27.4 Å². The Hall–Kier alpha value is -17.1. The van der Waals surface area contributed by atoms with Gasteiger partial charge in [0.2, 0.25) is 0 Å². The van der Waals surface area contributed by atoms with Crippen LogP contribution in [0.1, 0.15) is 0 Å². The minimum Gasteiger partial charge on any atom is -0.309 e. The third-order valence-corrected chi connectivity index (χ3v) is 27.4. The molecule has 6 nitrogen and oxygen atoms in total. The fourth-order valence-electron chi connectivity index (χ4n) is 21.4. The van der Waals surface area contributed by atoms with Crippen LogP contribution in [0.2, 0.25) is 0 Å². The number of hydrogen-bond acceptors (Lipinski definition) is 0. The lowest BCUT2D eigenvalue weighted by molar-refractivity contribution is 1.17. The van der Waals surface area contributed by atoms with Gasteiger partial charge < -0.3 is 27.4 Å². The monoisotopic (exact) mass is 1620 g/mol. The average Bonchev–Trinajstić information content (AvgIpc) is 1.55. The Morgan fingerprint density at radius 2 is 0.344 bits per heavy atom. The van der Waals surface area contributed by atoms with Crippen molar-refractivity contribution in [1.82, 2.24) is 27.4 Å². The van der Waals surface area contributed by atoms with Gasteiger partial charge in [0, 0.05) is 98.2 Å². The van der Waals surface area contributed by atoms with Gasteiger partial charge in [-0.1, -0.05) is 303 Å². The molecule has 6 heteroatoms. The first kappa shape index (κ1) is 71.5. The summed E-state index contributed by atoms with van der Waals surface area (Å²) in [6, 6.07) is 170. The minimum atomic E-state index is 1.14. The van der Waals surface area contributed by atoms with Crippen molar-refractivity contribution >= 4 is 185 Å². The summed E-state index contributed by atoms with van der Waals surface area (Å²) in [7, 11) is 0. The normalized spacial score (nSPS) is 12.1. The molecule has 0 unspecified atom stereocenters. The number of fused-ring (bicyclic) bond motifs is 23. The Labute approximate surface area is 735 Å². The summed E-state index contributed by atoms with van der Waals surface area (Å²) in [4.78, 5) is 0. The molecule has 0 radical (unpaired) electrons. The summed E-state index contributed by atoms with van der Waals surface area (Å²) in [5.41, 5.74) is 28.5. The first-order valence-electron chi connectivity index (χ1n) is 44.2. The van der Waals surface area contributed by atoms with Crippen LogP contribution in [0.3, 0.4) is 0 Å². The topological polar surface area (TPSA) is 29.6 Å². The SMILES string of the molecule is c1ccc(-c2ccc(-n3c4ccccc4c4cc5c6cc(-c7ccc8c(c7)c7ccccc7n8-c7ccc8ccccc8c7)ccc6n(-c6cccc7ccccc67)c5cc43)cc2)cc1.c1ccc2cc(-n3c4ccccc4c4cc(-c5ccc6c(c5)c5cc7c8ccccc8n(-c8ccc9ccccc9c8)c7cc5n6-c5cccc6ccccc56)ccc43)ccc2c1. The number of aromatic nitrogens is 6. The van der Waals surface area contributed by atoms with Crippen LogP contribution in [0.4, 0.5) is 0 Å². The predicted molar refractivity (Wildman–Crippen MR) is 543 cm³/mol. The minimum absolute atomic E-state index is 1.14. The van der Waals surface area contributed by atoms with Crippen LogP contribution in [0.15, 0.2) is 461 Å². The van der Waals surface area contributed by atoms with Crippen LogP contribution < -0.4 is 0 Å².